The van der Waals surface area contributed by atoms with Crippen molar-refractivity contribution in [1.82, 2.24) is 14.8 Å². The Bertz CT molecular complexity index is 1170. The fourth-order valence-electron chi connectivity index (χ4n) is 3.56. The Hall–Kier alpha value is -3.15. The molecule has 0 saturated heterocycles. The fraction of sp³-hybridized carbons (Fsp3) is 0.200. The Morgan fingerprint density at radius 2 is 2.04 bits per heavy atom. The molecule has 5 nitrogen and oxygen atoms in total. The summed E-state index contributed by atoms with van der Waals surface area (Å²) in [6.07, 6.45) is 1.71. The van der Waals surface area contributed by atoms with Gasteiger partial charge >= 0.3 is 5.97 Å². The van der Waals surface area contributed by atoms with Crippen molar-refractivity contribution in [3.05, 3.63) is 59.2 Å². The van der Waals surface area contributed by atoms with Crippen LogP contribution in [0, 0.1) is 12.7 Å². The van der Waals surface area contributed by atoms with Crippen molar-refractivity contribution in [2.24, 2.45) is 0 Å². The highest BCUT2D eigenvalue weighted by atomic mass is 19.1. The van der Waals surface area contributed by atoms with E-state index >= 15 is 0 Å². The van der Waals surface area contributed by atoms with Gasteiger partial charge in [0, 0.05) is 22.2 Å². The van der Waals surface area contributed by atoms with Crippen LogP contribution in [-0.4, -0.2) is 25.8 Å². The summed E-state index contributed by atoms with van der Waals surface area (Å²) in [4.78, 5) is 12.1. The van der Waals surface area contributed by atoms with E-state index in [2.05, 4.69) is 10.2 Å². The highest BCUT2D eigenvalue weighted by molar-refractivity contribution is 6.09. The van der Waals surface area contributed by atoms with Crippen LogP contribution in [0.2, 0.25) is 0 Å². The van der Waals surface area contributed by atoms with Gasteiger partial charge in [-0.25, -0.2) is 9.18 Å². The Labute approximate surface area is 149 Å². The van der Waals surface area contributed by atoms with Gasteiger partial charge in [0.15, 0.2) is 0 Å². The standard InChI is InChI=1S/C20H18FN3O2/c1-10(2)19-18(20(25)26)14-8-16-12(9-22-23-16)7-17(14)24(19)13-4-5-15(21)11(3)6-13/h4-10H,1-3H3,(H,22,23)(H,25,26). The van der Waals surface area contributed by atoms with Gasteiger partial charge in [-0.1, -0.05) is 13.8 Å². The smallest absolute Gasteiger partial charge is 0.338 e. The van der Waals surface area contributed by atoms with Gasteiger partial charge in [0.2, 0.25) is 0 Å². The molecule has 2 heterocycles. The predicted octanol–water partition coefficient (Wildman–Crippen LogP) is 4.78. The topological polar surface area (TPSA) is 70.9 Å². The predicted molar refractivity (Wildman–Crippen MR) is 98.7 cm³/mol. The number of carbonyl (C=O) groups is 1. The highest BCUT2D eigenvalue weighted by Gasteiger charge is 2.25. The molecule has 0 spiro atoms. The van der Waals surface area contributed by atoms with Gasteiger partial charge in [0.05, 0.1) is 22.8 Å². The molecule has 2 aromatic carbocycles. The molecule has 0 aliphatic carbocycles. The van der Waals surface area contributed by atoms with Gasteiger partial charge in [0.25, 0.3) is 0 Å². The lowest BCUT2D eigenvalue weighted by Gasteiger charge is -2.15. The Morgan fingerprint density at radius 3 is 2.69 bits per heavy atom. The summed E-state index contributed by atoms with van der Waals surface area (Å²) in [7, 11) is 0. The average molecular weight is 351 g/mol. The molecule has 0 aliphatic heterocycles. The van der Waals surface area contributed by atoms with Crippen LogP contribution in [0.5, 0.6) is 0 Å². The first kappa shape index (κ1) is 16.3. The van der Waals surface area contributed by atoms with Crippen LogP contribution in [-0.2, 0) is 0 Å². The zero-order valence-electron chi connectivity index (χ0n) is 14.7. The molecule has 0 saturated carbocycles. The van der Waals surface area contributed by atoms with E-state index in [9.17, 15) is 14.3 Å². The maximum absolute atomic E-state index is 13.8. The van der Waals surface area contributed by atoms with Gasteiger partial charge < -0.3 is 9.67 Å². The summed E-state index contributed by atoms with van der Waals surface area (Å²) in [6, 6.07) is 8.58. The summed E-state index contributed by atoms with van der Waals surface area (Å²) in [5.74, 6) is -1.29. The van der Waals surface area contributed by atoms with E-state index in [1.807, 2.05) is 30.5 Å². The van der Waals surface area contributed by atoms with Gasteiger partial charge in [-0.05, 0) is 48.7 Å². The number of fused-ring (bicyclic) bond motifs is 2. The first-order valence-corrected chi connectivity index (χ1v) is 8.39. The summed E-state index contributed by atoms with van der Waals surface area (Å²) in [5, 5.41) is 18.3. The molecule has 0 unspecified atom stereocenters. The lowest BCUT2D eigenvalue weighted by molar-refractivity contribution is 0.0697. The summed E-state index contributed by atoms with van der Waals surface area (Å²) in [5.41, 5.74) is 3.77. The van der Waals surface area contributed by atoms with Crippen LogP contribution in [0.1, 0.15) is 41.4 Å². The molecule has 6 heteroatoms. The van der Waals surface area contributed by atoms with E-state index in [0.29, 0.717) is 16.6 Å². The van der Waals surface area contributed by atoms with E-state index in [1.54, 1.807) is 25.3 Å². The van der Waals surface area contributed by atoms with Gasteiger partial charge in [-0.3, -0.25) is 5.10 Å². The SMILES string of the molecule is Cc1cc(-n2c(C(C)C)c(C(=O)O)c3cc4[nH]ncc4cc32)ccc1F. The number of rotatable bonds is 3. The van der Waals surface area contributed by atoms with E-state index in [-0.39, 0.29) is 17.3 Å². The summed E-state index contributed by atoms with van der Waals surface area (Å²) < 4.78 is 15.7. The molecule has 0 fully saturated rings. The molecule has 0 amide bonds. The molecule has 132 valence electrons. The number of nitrogens with one attached hydrogen (secondary N) is 1. The van der Waals surface area contributed by atoms with Crippen LogP contribution in [0.15, 0.2) is 36.5 Å². The lowest BCUT2D eigenvalue weighted by atomic mass is 10.0. The fourth-order valence-corrected chi connectivity index (χ4v) is 3.56. The zero-order valence-corrected chi connectivity index (χ0v) is 14.7. The minimum atomic E-state index is -0.977. The number of aromatic amines is 1. The van der Waals surface area contributed by atoms with Crippen molar-refractivity contribution in [3.63, 3.8) is 0 Å². The number of nitrogens with zero attached hydrogens (tertiary/aromatic N) is 2. The number of halogens is 1. The first-order valence-electron chi connectivity index (χ1n) is 8.39. The molecule has 4 aromatic rings. The van der Waals surface area contributed by atoms with Crippen molar-refractivity contribution in [1.29, 1.82) is 0 Å². The van der Waals surface area contributed by atoms with Gasteiger partial charge in [-0.15, -0.1) is 0 Å². The van der Waals surface area contributed by atoms with E-state index in [4.69, 9.17) is 0 Å². The largest absolute Gasteiger partial charge is 0.478 e. The van der Waals surface area contributed by atoms with Crippen molar-refractivity contribution in [2.75, 3.05) is 0 Å². The van der Waals surface area contributed by atoms with Crippen molar-refractivity contribution < 1.29 is 14.3 Å². The van der Waals surface area contributed by atoms with Crippen LogP contribution < -0.4 is 0 Å². The maximum Gasteiger partial charge on any atom is 0.338 e. The molecule has 2 aromatic heterocycles. The summed E-state index contributed by atoms with van der Waals surface area (Å²) in [6.45, 7) is 5.62. The lowest BCUT2D eigenvalue weighted by Crippen LogP contribution is -2.08. The Morgan fingerprint density at radius 1 is 1.27 bits per heavy atom. The molecule has 0 atom stereocenters. The molecular weight excluding hydrogens is 333 g/mol. The second-order valence-electron chi connectivity index (χ2n) is 6.82. The number of benzene rings is 2. The molecule has 2 N–H and O–H groups in total. The number of carboxylic acids is 1. The highest BCUT2D eigenvalue weighted by Crippen LogP contribution is 2.36. The monoisotopic (exact) mass is 351 g/mol. The average Bonchev–Trinajstić information content (AvgIpc) is 3.16. The second-order valence-corrected chi connectivity index (χ2v) is 6.82. The van der Waals surface area contributed by atoms with Crippen LogP contribution in [0.25, 0.3) is 27.5 Å². The summed E-state index contributed by atoms with van der Waals surface area (Å²) >= 11 is 0. The number of aryl methyl sites for hydroxylation is 1. The quantitative estimate of drug-likeness (QED) is 0.558. The second kappa shape index (κ2) is 5.69. The molecule has 26 heavy (non-hydrogen) atoms. The first-order chi connectivity index (χ1) is 12.4. The number of hydrogen-bond acceptors (Lipinski definition) is 2. The molecule has 4 rings (SSSR count). The molecule has 0 bridgehead atoms. The van der Waals surface area contributed by atoms with Crippen LogP contribution in [0.4, 0.5) is 4.39 Å². The van der Waals surface area contributed by atoms with Gasteiger partial charge in [-0.2, -0.15) is 5.10 Å². The molecular formula is C20H18FN3O2. The minimum Gasteiger partial charge on any atom is -0.478 e. The van der Waals surface area contributed by atoms with Gasteiger partial charge in [0.1, 0.15) is 5.82 Å². The maximum atomic E-state index is 13.8. The van der Waals surface area contributed by atoms with Crippen molar-refractivity contribution in [2.45, 2.75) is 26.7 Å². The number of aromatic nitrogens is 3. The van der Waals surface area contributed by atoms with Crippen molar-refractivity contribution >= 4 is 27.8 Å². The number of H-pyrrole nitrogens is 1. The zero-order chi connectivity index (χ0) is 18.6. The third kappa shape index (κ3) is 2.29. The van der Waals surface area contributed by atoms with E-state index < -0.39 is 5.97 Å². The number of carboxylic acid groups (broad SMARTS) is 1. The minimum absolute atomic E-state index is 0.0321. The number of hydrogen-bond donors (Lipinski definition) is 2. The number of aromatic carboxylic acids is 1. The normalized spacial score (nSPS) is 11.7. The molecule has 0 radical (unpaired) electrons. The Kier molecular flexibility index (Phi) is 3.57. The third-order valence-corrected chi connectivity index (χ3v) is 4.72. The Balaban J connectivity index is 2.20. The van der Waals surface area contributed by atoms with E-state index in [1.165, 1.54) is 6.07 Å². The van der Waals surface area contributed by atoms with E-state index in [0.717, 1.165) is 22.1 Å². The van der Waals surface area contributed by atoms with Crippen LogP contribution in [0.3, 0.4) is 0 Å². The van der Waals surface area contributed by atoms with Crippen molar-refractivity contribution in [3.8, 4) is 5.69 Å². The van der Waals surface area contributed by atoms with Crippen LogP contribution >= 0.6 is 0 Å². The molecule has 0 aliphatic rings. The third-order valence-electron chi connectivity index (χ3n) is 4.72.